The lowest BCUT2D eigenvalue weighted by Crippen LogP contribution is -1.87. The Hall–Kier alpha value is -0.550. The van der Waals surface area contributed by atoms with Crippen LogP contribution in [0, 0.1) is 0 Å². The smallest absolute Gasteiger partial charge is 0.122 e. The number of ether oxygens (including phenoxy) is 1. The number of hydrogen-bond acceptors (Lipinski definition) is 1. The summed E-state index contributed by atoms with van der Waals surface area (Å²) in [5.41, 5.74) is 1.32. The van der Waals surface area contributed by atoms with Crippen molar-refractivity contribution >= 4 is 8.58 Å². The normalized spacial score (nSPS) is 10.7. The zero-order valence-electron chi connectivity index (χ0n) is 6.92. The Morgan fingerprint density at radius 1 is 1.36 bits per heavy atom. The minimum absolute atomic E-state index is 0.955. The SMILES string of the molecule is COc1ccccc1CPC. The van der Waals surface area contributed by atoms with Crippen LogP contribution in [0.2, 0.25) is 0 Å². The molecule has 0 N–H and O–H groups in total. The van der Waals surface area contributed by atoms with Crippen molar-refractivity contribution in [3.05, 3.63) is 29.8 Å². The molecule has 11 heavy (non-hydrogen) atoms. The van der Waals surface area contributed by atoms with Gasteiger partial charge in [-0.3, -0.25) is 0 Å². The molecule has 1 unspecified atom stereocenters. The second-order valence-corrected chi connectivity index (χ2v) is 3.40. The predicted molar refractivity (Wildman–Crippen MR) is 50.9 cm³/mol. The highest BCUT2D eigenvalue weighted by Crippen LogP contribution is 2.23. The summed E-state index contributed by atoms with van der Waals surface area (Å²) in [6, 6.07) is 8.18. The van der Waals surface area contributed by atoms with Crippen molar-refractivity contribution in [1.82, 2.24) is 0 Å². The topological polar surface area (TPSA) is 9.23 Å². The van der Waals surface area contributed by atoms with E-state index < -0.39 is 0 Å². The second-order valence-electron chi connectivity index (χ2n) is 2.34. The molecular formula is C9H13OP. The Labute approximate surface area is 69.6 Å². The molecule has 0 spiro atoms. The van der Waals surface area contributed by atoms with Gasteiger partial charge in [-0.05, 0) is 24.5 Å². The predicted octanol–water partition coefficient (Wildman–Crippen LogP) is 2.50. The Morgan fingerprint density at radius 3 is 2.73 bits per heavy atom. The van der Waals surface area contributed by atoms with Crippen molar-refractivity contribution in [2.75, 3.05) is 13.8 Å². The van der Waals surface area contributed by atoms with Crippen LogP contribution in [-0.2, 0) is 6.16 Å². The zero-order valence-corrected chi connectivity index (χ0v) is 7.92. The van der Waals surface area contributed by atoms with Crippen LogP contribution in [0.1, 0.15) is 5.56 Å². The molecule has 0 amide bonds. The van der Waals surface area contributed by atoms with Gasteiger partial charge in [0.25, 0.3) is 0 Å². The van der Waals surface area contributed by atoms with Gasteiger partial charge in [0, 0.05) is 0 Å². The third kappa shape index (κ3) is 2.20. The van der Waals surface area contributed by atoms with Gasteiger partial charge in [0.05, 0.1) is 7.11 Å². The van der Waals surface area contributed by atoms with Crippen molar-refractivity contribution in [2.45, 2.75) is 6.16 Å². The van der Waals surface area contributed by atoms with Gasteiger partial charge in [0.2, 0.25) is 0 Å². The summed E-state index contributed by atoms with van der Waals surface area (Å²) in [6.45, 7) is 2.20. The fourth-order valence-corrected chi connectivity index (χ4v) is 1.71. The average Bonchev–Trinajstić information content (AvgIpc) is 2.06. The molecule has 1 aromatic carbocycles. The van der Waals surface area contributed by atoms with E-state index in [1.165, 1.54) is 5.56 Å². The first kappa shape index (κ1) is 8.55. The fourth-order valence-electron chi connectivity index (χ4n) is 1.04. The average molecular weight is 168 g/mol. The molecule has 0 aliphatic rings. The Bertz CT molecular complexity index is 223. The molecular weight excluding hydrogens is 155 g/mol. The molecule has 60 valence electrons. The Kier molecular flexibility index (Phi) is 3.38. The molecule has 2 heteroatoms. The first-order valence-corrected chi connectivity index (χ1v) is 5.35. The summed E-state index contributed by atoms with van der Waals surface area (Å²) in [7, 11) is 2.67. The first-order valence-electron chi connectivity index (χ1n) is 3.65. The fraction of sp³-hybridized carbons (Fsp3) is 0.333. The van der Waals surface area contributed by atoms with Gasteiger partial charge in [0.1, 0.15) is 5.75 Å². The zero-order chi connectivity index (χ0) is 8.10. The summed E-state index contributed by atoms with van der Waals surface area (Å²) in [5, 5.41) is 0. The highest BCUT2D eigenvalue weighted by atomic mass is 31.1. The maximum Gasteiger partial charge on any atom is 0.122 e. The Morgan fingerprint density at radius 2 is 2.09 bits per heavy atom. The maximum absolute atomic E-state index is 5.20. The van der Waals surface area contributed by atoms with Crippen molar-refractivity contribution in [1.29, 1.82) is 0 Å². The van der Waals surface area contributed by atoms with E-state index in [-0.39, 0.29) is 0 Å². The van der Waals surface area contributed by atoms with Crippen LogP contribution in [0.5, 0.6) is 5.75 Å². The van der Waals surface area contributed by atoms with E-state index >= 15 is 0 Å². The number of para-hydroxylation sites is 1. The van der Waals surface area contributed by atoms with E-state index in [0.717, 1.165) is 20.5 Å². The van der Waals surface area contributed by atoms with Gasteiger partial charge >= 0.3 is 0 Å². The second kappa shape index (κ2) is 4.35. The molecule has 0 saturated heterocycles. The molecule has 0 radical (unpaired) electrons. The van der Waals surface area contributed by atoms with Crippen LogP contribution in [0.3, 0.4) is 0 Å². The molecule has 0 saturated carbocycles. The highest BCUT2D eigenvalue weighted by molar-refractivity contribution is 7.36. The molecule has 0 bridgehead atoms. The van der Waals surface area contributed by atoms with Gasteiger partial charge in [-0.25, -0.2) is 0 Å². The summed E-state index contributed by atoms with van der Waals surface area (Å²) in [5.74, 6) is 1.02. The summed E-state index contributed by atoms with van der Waals surface area (Å²) < 4.78 is 5.20. The lowest BCUT2D eigenvalue weighted by molar-refractivity contribution is 0.411. The van der Waals surface area contributed by atoms with Gasteiger partial charge in [0.15, 0.2) is 0 Å². The third-order valence-electron chi connectivity index (χ3n) is 1.56. The van der Waals surface area contributed by atoms with Crippen LogP contribution < -0.4 is 4.74 Å². The molecule has 0 aromatic heterocycles. The van der Waals surface area contributed by atoms with Gasteiger partial charge < -0.3 is 4.74 Å². The molecule has 1 nitrogen and oxygen atoms in total. The lowest BCUT2D eigenvalue weighted by atomic mass is 10.2. The van der Waals surface area contributed by atoms with Gasteiger partial charge in [-0.1, -0.05) is 18.2 Å². The van der Waals surface area contributed by atoms with E-state index in [1.54, 1.807) is 7.11 Å². The van der Waals surface area contributed by atoms with Crippen LogP contribution in [0.25, 0.3) is 0 Å². The van der Waals surface area contributed by atoms with E-state index in [9.17, 15) is 0 Å². The number of hydrogen-bond donors (Lipinski definition) is 0. The van der Waals surface area contributed by atoms with Crippen molar-refractivity contribution in [2.24, 2.45) is 0 Å². The maximum atomic E-state index is 5.20. The quantitative estimate of drug-likeness (QED) is 0.630. The van der Waals surface area contributed by atoms with Crippen LogP contribution in [0.4, 0.5) is 0 Å². The van der Waals surface area contributed by atoms with Crippen LogP contribution in [0.15, 0.2) is 24.3 Å². The van der Waals surface area contributed by atoms with Crippen molar-refractivity contribution in [3.63, 3.8) is 0 Å². The Balaban J connectivity index is 2.83. The molecule has 0 aliphatic heterocycles. The molecule has 0 fully saturated rings. The van der Waals surface area contributed by atoms with Crippen LogP contribution >= 0.6 is 8.58 Å². The standard InChI is InChI=1S/C9H13OP/c1-10-9-6-4-3-5-8(9)7-11-2/h3-6,11H,7H2,1-2H3. The molecule has 1 rings (SSSR count). The highest BCUT2D eigenvalue weighted by Gasteiger charge is 1.97. The minimum atomic E-state index is 0.955. The molecule has 0 aliphatic carbocycles. The number of benzene rings is 1. The largest absolute Gasteiger partial charge is 0.496 e. The summed E-state index contributed by atoms with van der Waals surface area (Å²) >= 11 is 0. The molecule has 1 aromatic rings. The van der Waals surface area contributed by atoms with E-state index in [2.05, 4.69) is 18.8 Å². The van der Waals surface area contributed by atoms with Crippen molar-refractivity contribution in [3.8, 4) is 5.75 Å². The van der Waals surface area contributed by atoms with E-state index in [1.807, 2.05) is 12.1 Å². The lowest BCUT2D eigenvalue weighted by Gasteiger charge is -2.05. The number of methoxy groups -OCH3 is 1. The minimum Gasteiger partial charge on any atom is -0.496 e. The van der Waals surface area contributed by atoms with Crippen LogP contribution in [-0.4, -0.2) is 13.8 Å². The molecule has 0 heterocycles. The van der Waals surface area contributed by atoms with E-state index in [0.29, 0.717) is 0 Å². The van der Waals surface area contributed by atoms with Gasteiger partial charge in [-0.2, -0.15) is 0 Å². The summed E-state index contributed by atoms with van der Waals surface area (Å²) in [6.07, 6.45) is 1.13. The van der Waals surface area contributed by atoms with E-state index in [4.69, 9.17) is 4.74 Å². The third-order valence-corrected chi connectivity index (χ3v) is 2.29. The molecule has 1 atom stereocenters. The monoisotopic (exact) mass is 168 g/mol. The number of rotatable bonds is 3. The summed E-state index contributed by atoms with van der Waals surface area (Å²) in [4.78, 5) is 0. The van der Waals surface area contributed by atoms with Crippen molar-refractivity contribution < 1.29 is 4.74 Å². The van der Waals surface area contributed by atoms with Gasteiger partial charge in [-0.15, -0.1) is 8.58 Å². The first-order chi connectivity index (χ1) is 5.38.